The molecule has 0 radical (unpaired) electrons. The predicted octanol–water partition coefficient (Wildman–Crippen LogP) is 4.78. The molecular weight excluding hydrogens is 258 g/mol. The van der Waals surface area contributed by atoms with Gasteiger partial charge in [0.05, 0.1) is 11.4 Å². The number of hydrogen-bond acceptors (Lipinski definition) is 2. The number of para-hydroxylation sites is 1. The van der Waals surface area contributed by atoms with Crippen molar-refractivity contribution in [2.24, 2.45) is 4.99 Å². The molecule has 0 spiro atoms. The van der Waals surface area contributed by atoms with E-state index in [9.17, 15) is 5.11 Å². The number of rotatable bonds is 2. The van der Waals surface area contributed by atoms with Crippen molar-refractivity contribution in [2.75, 3.05) is 0 Å². The summed E-state index contributed by atoms with van der Waals surface area (Å²) in [6.45, 7) is 6.37. The first-order chi connectivity index (χ1) is 9.98. The van der Waals surface area contributed by atoms with Gasteiger partial charge in [0.2, 0.25) is 0 Å². The topological polar surface area (TPSA) is 32.6 Å². The van der Waals surface area contributed by atoms with Crippen molar-refractivity contribution < 1.29 is 5.11 Å². The van der Waals surface area contributed by atoms with Crippen LogP contribution in [0, 0.1) is 6.92 Å². The molecule has 3 rings (SSSR count). The van der Waals surface area contributed by atoms with Crippen LogP contribution in [0.2, 0.25) is 0 Å². The molecule has 0 fully saturated rings. The van der Waals surface area contributed by atoms with Crippen LogP contribution in [-0.2, 0) is 5.41 Å². The van der Waals surface area contributed by atoms with Gasteiger partial charge in [0, 0.05) is 11.0 Å². The summed E-state index contributed by atoms with van der Waals surface area (Å²) in [4.78, 5) is 4.72. The lowest BCUT2D eigenvalue weighted by Gasteiger charge is -2.20. The fourth-order valence-corrected chi connectivity index (χ4v) is 2.73. The quantitative estimate of drug-likeness (QED) is 0.842. The van der Waals surface area contributed by atoms with Crippen LogP contribution in [0.5, 0.6) is 5.75 Å². The highest BCUT2D eigenvalue weighted by Gasteiger charge is 2.32. The SMILES string of the molecule is Cc1ccc(O)c(C=CC2=Nc3ccccc3C2(C)C)c1. The lowest BCUT2D eigenvalue weighted by atomic mass is 9.81. The predicted molar refractivity (Wildman–Crippen MR) is 88.4 cm³/mol. The molecule has 0 aliphatic carbocycles. The summed E-state index contributed by atoms with van der Waals surface area (Å²) in [5, 5.41) is 9.92. The lowest BCUT2D eigenvalue weighted by Crippen LogP contribution is -2.23. The van der Waals surface area contributed by atoms with E-state index in [0.717, 1.165) is 22.5 Å². The van der Waals surface area contributed by atoms with Gasteiger partial charge in [-0.05, 0) is 42.8 Å². The third kappa shape index (κ3) is 2.38. The molecule has 0 unspecified atom stereocenters. The number of hydrogen-bond donors (Lipinski definition) is 1. The maximum absolute atomic E-state index is 9.92. The fraction of sp³-hybridized carbons (Fsp3) is 0.211. The Hall–Kier alpha value is -2.35. The Morgan fingerprint density at radius 3 is 2.57 bits per heavy atom. The van der Waals surface area contributed by atoms with Gasteiger partial charge in [0.15, 0.2) is 0 Å². The monoisotopic (exact) mass is 277 g/mol. The molecule has 0 atom stereocenters. The molecule has 1 aliphatic heterocycles. The zero-order valence-electron chi connectivity index (χ0n) is 12.6. The Morgan fingerprint density at radius 2 is 1.81 bits per heavy atom. The third-order valence-corrected chi connectivity index (χ3v) is 4.06. The van der Waals surface area contributed by atoms with Crippen molar-refractivity contribution in [1.82, 2.24) is 0 Å². The Balaban J connectivity index is 1.96. The number of phenols is 1. The minimum atomic E-state index is -0.105. The molecule has 0 amide bonds. The smallest absolute Gasteiger partial charge is 0.122 e. The first-order valence-corrected chi connectivity index (χ1v) is 7.15. The Kier molecular flexibility index (Phi) is 3.17. The third-order valence-electron chi connectivity index (χ3n) is 4.06. The van der Waals surface area contributed by atoms with E-state index in [2.05, 4.69) is 26.0 Å². The van der Waals surface area contributed by atoms with Crippen molar-refractivity contribution in [3.8, 4) is 5.75 Å². The summed E-state index contributed by atoms with van der Waals surface area (Å²) in [5.41, 5.74) is 5.15. The van der Waals surface area contributed by atoms with Crippen molar-refractivity contribution in [3.05, 3.63) is 65.2 Å². The number of aryl methyl sites for hydroxylation is 1. The highest BCUT2D eigenvalue weighted by molar-refractivity contribution is 6.10. The van der Waals surface area contributed by atoms with Crippen LogP contribution in [0.25, 0.3) is 6.08 Å². The van der Waals surface area contributed by atoms with E-state index in [-0.39, 0.29) is 5.41 Å². The molecule has 21 heavy (non-hydrogen) atoms. The van der Waals surface area contributed by atoms with E-state index >= 15 is 0 Å². The Morgan fingerprint density at radius 1 is 1.05 bits per heavy atom. The molecule has 0 bridgehead atoms. The number of phenolic OH excluding ortho intramolecular Hbond substituents is 1. The largest absolute Gasteiger partial charge is 0.507 e. The lowest BCUT2D eigenvalue weighted by molar-refractivity contribution is 0.474. The van der Waals surface area contributed by atoms with Gasteiger partial charge in [0.25, 0.3) is 0 Å². The maximum atomic E-state index is 9.92. The number of aliphatic imine (C=N–C) groups is 1. The second-order valence-corrected chi connectivity index (χ2v) is 6.03. The molecule has 2 aromatic carbocycles. The molecule has 1 aliphatic rings. The number of fused-ring (bicyclic) bond motifs is 1. The average molecular weight is 277 g/mol. The summed E-state index contributed by atoms with van der Waals surface area (Å²) >= 11 is 0. The molecule has 1 N–H and O–H groups in total. The summed E-state index contributed by atoms with van der Waals surface area (Å²) in [6.07, 6.45) is 3.95. The second-order valence-electron chi connectivity index (χ2n) is 6.03. The minimum Gasteiger partial charge on any atom is -0.507 e. The summed E-state index contributed by atoms with van der Waals surface area (Å²) in [7, 11) is 0. The Labute approximate surface area is 125 Å². The number of allylic oxidation sites excluding steroid dienone is 1. The molecule has 0 saturated heterocycles. The summed E-state index contributed by atoms with van der Waals surface area (Å²) < 4.78 is 0. The molecule has 2 aromatic rings. The van der Waals surface area contributed by atoms with Crippen molar-refractivity contribution in [1.29, 1.82) is 0 Å². The van der Waals surface area contributed by atoms with Crippen LogP contribution >= 0.6 is 0 Å². The van der Waals surface area contributed by atoms with Crippen LogP contribution in [0.4, 0.5) is 5.69 Å². The van der Waals surface area contributed by atoms with Crippen molar-refractivity contribution in [3.63, 3.8) is 0 Å². The number of benzene rings is 2. The van der Waals surface area contributed by atoms with E-state index in [0.29, 0.717) is 5.75 Å². The molecule has 106 valence electrons. The summed E-state index contributed by atoms with van der Waals surface area (Å²) in [6, 6.07) is 13.8. The molecular formula is C19H19NO. The molecule has 2 nitrogen and oxygen atoms in total. The second kappa shape index (κ2) is 4.88. The minimum absolute atomic E-state index is 0.105. The van der Waals surface area contributed by atoms with Crippen LogP contribution in [-0.4, -0.2) is 10.8 Å². The molecule has 1 heterocycles. The van der Waals surface area contributed by atoms with E-state index in [1.54, 1.807) is 6.07 Å². The standard InChI is InChI=1S/C19H19NO/c1-13-8-10-17(21)14(12-13)9-11-18-19(2,3)15-6-4-5-7-16(15)20-18/h4-12,21H,1-3H3. The first kappa shape index (κ1) is 13.6. The van der Waals surface area contributed by atoms with Gasteiger partial charge in [0.1, 0.15) is 5.75 Å². The molecule has 0 aromatic heterocycles. The fourth-order valence-electron chi connectivity index (χ4n) is 2.73. The highest BCUT2D eigenvalue weighted by Crippen LogP contribution is 2.40. The van der Waals surface area contributed by atoms with Gasteiger partial charge < -0.3 is 5.11 Å². The van der Waals surface area contributed by atoms with Gasteiger partial charge in [-0.2, -0.15) is 0 Å². The van der Waals surface area contributed by atoms with Gasteiger partial charge in [-0.1, -0.05) is 43.7 Å². The van der Waals surface area contributed by atoms with E-state index < -0.39 is 0 Å². The van der Waals surface area contributed by atoms with Crippen LogP contribution in [0.3, 0.4) is 0 Å². The molecule has 2 heteroatoms. The van der Waals surface area contributed by atoms with E-state index in [4.69, 9.17) is 4.99 Å². The van der Waals surface area contributed by atoms with Gasteiger partial charge in [-0.25, -0.2) is 0 Å². The van der Waals surface area contributed by atoms with Crippen LogP contribution in [0.1, 0.15) is 30.5 Å². The number of aromatic hydroxyl groups is 1. The van der Waals surface area contributed by atoms with Gasteiger partial charge in [-0.15, -0.1) is 0 Å². The van der Waals surface area contributed by atoms with Gasteiger partial charge in [-0.3, -0.25) is 4.99 Å². The van der Waals surface area contributed by atoms with Crippen LogP contribution < -0.4 is 0 Å². The zero-order chi connectivity index (χ0) is 15.0. The van der Waals surface area contributed by atoms with Crippen molar-refractivity contribution >= 4 is 17.5 Å². The summed E-state index contributed by atoms with van der Waals surface area (Å²) in [5.74, 6) is 0.297. The molecule has 0 saturated carbocycles. The maximum Gasteiger partial charge on any atom is 0.122 e. The zero-order valence-corrected chi connectivity index (χ0v) is 12.6. The normalized spacial score (nSPS) is 16.0. The first-order valence-electron chi connectivity index (χ1n) is 7.15. The van der Waals surface area contributed by atoms with Gasteiger partial charge >= 0.3 is 0 Å². The average Bonchev–Trinajstić information content (AvgIpc) is 2.72. The van der Waals surface area contributed by atoms with E-state index in [1.807, 2.05) is 43.3 Å². The highest BCUT2D eigenvalue weighted by atomic mass is 16.3. The van der Waals surface area contributed by atoms with Crippen molar-refractivity contribution in [2.45, 2.75) is 26.2 Å². The van der Waals surface area contributed by atoms with E-state index in [1.165, 1.54) is 5.56 Å². The van der Waals surface area contributed by atoms with Crippen LogP contribution in [0.15, 0.2) is 53.5 Å². The number of nitrogens with zero attached hydrogens (tertiary/aromatic N) is 1. The Bertz CT molecular complexity index is 754.